The molecule has 3 nitrogen and oxygen atoms in total. The van der Waals surface area contributed by atoms with Crippen LogP contribution in [0, 0.1) is 0 Å². The molecule has 1 N–H and O–H groups in total. The van der Waals surface area contributed by atoms with Gasteiger partial charge in [-0.3, -0.25) is 4.79 Å². The van der Waals surface area contributed by atoms with Crippen LogP contribution in [0.1, 0.15) is 99.3 Å². The number of nitrogens with one attached hydrogen (secondary N) is 1. The predicted molar refractivity (Wildman–Crippen MR) is 136 cm³/mol. The fraction of sp³-hybridized carbons (Fsp3) is 0.679. The Labute approximate surface area is 192 Å². The maximum Gasteiger partial charge on any atom is 0.223 e. The highest BCUT2D eigenvalue weighted by atomic mass is 16.2. The highest BCUT2D eigenvalue weighted by Gasteiger charge is 2.24. The molecule has 0 bridgehead atoms. The Balaban J connectivity index is 2.26. The Morgan fingerprint density at radius 2 is 1.29 bits per heavy atom. The molecule has 1 unspecified atom stereocenters. The first kappa shape index (κ1) is 27.4. The first-order valence-electron chi connectivity index (χ1n) is 12.4. The summed E-state index contributed by atoms with van der Waals surface area (Å²) in [6.07, 6.45) is 18.7. The highest BCUT2D eigenvalue weighted by molar-refractivity contribution is 5.76. The van der Waals surface area contributed by atoms with Gasteiger partial charge < -0.3 is 10.2 Å². The highest BCUT2D eigenvalue weighted by Crippen LogP contribution is 2.15. The van der Waals surface area contributed by atoms with Crippen molar-refractivity contribution in [3.8, 4) is 0 Å². The molecule has 0 spiro atoms. The summed E-state index contributed by atoms with van der Waals surface area (Å²) in [5.41, 5.74) is 5.80. The third kappa shape index (κ3) is 12.7. The van der Waals surface area contributed by atoms with Gasteiger partial charge in [-0.15, -0.1) is 0 Å². The molecule has 1 rings (SSSR count). The van der Waals surface area contributed by atoms with Crippen molar-refractivity contribution < 1.29 is 4.79 Å². The van der Waals surface area contributed by atoms with E-state index in [1.807, 2.05) is 0 Å². The zero-order valence-corrected chi connectivity index (χ0v) is 21.2. The van der Waals surface area contributed by atoms with Crippen LogP contribution < -0.4 is 5.32 Å². The summed E-state index contributed by atoms with van der Waals surface area (Å²) >= 11 is 0. The number of amides is 1. The molecular formula is C28H48N2O. The van der Waals surface area contributed by atoms with E-state index in [0.717, 1.165) is 64.6 Å². The van der Waals surface area contributed by atoms with Crippen LogP contribution in [0.3, 0.4) is 0 Å². The van der Waals surface area contributed by atoms with Crippen molar-refractivity contribution in [2.75, 3.05) is 19.6 Å². The van der Waals surface area contributed by atoms with Crippen molar-refractivity contribution in [2.24, 2.45) is 0 Å². The normalized spacial score (nSPS) is 18.3. The van der Waals surface area contributed by atoms with Crippen molar-refractivity contribution in [1.29, 1.82) is 0 Å². The second-order valence-corrected chi connectivity index (χ2v) is 9.44. The standard InChI is InChI=1S/C28H48N2O/c1-7-27-22-29-20-21-30(27)28(31)19-11-18-26(6)17-10-16-25(5)15-9-14-24(4)13-8-12-23(2)3/h12,14,16,18,27,29H,7-11,13,15,17,19-22H2,1-6H3/b24-14+,25-16?,26-18+. The average molecular weight is 429 g/mol. The molecule has 3 heteroatoms. The summed E-state index contributed by atoms with van der Waals surface area (Å²) in [6.45, 7) is 15.9. The maximum atomic E-state index is 12.5. The average Bonchev–Trinajstić information content (AvgIpc) is 2.73. The minimum atomic E-state index is 0.317. The van der Waals surface area contributed by atoms with E-state index < -0.39 is 0 Å². The topological polar surface area (TPSA) is 32.3 Å². The lowest BCUT2D eigenvalue weighted by atomic mass is 10.0. The van der Waals surface area contributed by atoms with Crippen LogP contribution in [0.2, 0.25) is 0 Å². The van der Waals surface area contributed by atoms with Gasteiger partial charge >= 0.3 is 0 Å². The van der Waals surface area contributed by atoms with Gasteiger partial charge in [0.15, 0.2) is 0 Å². The Hall–Kier alpha value is -1.61. The molecule has 0 aliphatic carbocycles. The molecule has 1 aliphatic rings. The molecule has 0 aromatic rings. The van der Waals surface area contributed by atoms with Gasteiger partial charge in [-0.2, -0.15) is 0 Å². The minimum Gasteiger partial charge on any atom is -0.337 e. The SMILES string of the molecule is CCC1CNCCN1C(=O)CC/C=C(\C)CCC=C(C)CC/C=C(\C)CCC=C(C)C. The summed E-state index contributed by atoms with van der Waals surface area (Å²) < 4.78 is 0. The van der Waals surface area contributed by atoms with Gasteiger partial charge in [0.1, 0.15) is 0 Å². The number of hydrogen-bond donors (Lipinski definition) is 1. The Morgan fingerprint density at radius 1 is 0.806 bits per heavy atom. The zero-order chi connectivity index (χ0) is 23.1. The second kappa shape index (κ2) is 16.1. The number of hydrogen-bond acceptors (Lipinski definition) is 2. The van der Waals surface area contributed by atoms with E-state index in [1.54, 1.807) is 0 Å². The second-order valence-electron chi connectivity index (χ2n) is 9.44. The van der Waals surface area contributed by atoms with E-state index in [4.69, 9.17) is 0 Å². The van der Waals surface area contributed by atoms with Crippen molar-refractivity contribution in [2.45, 2.75) is 105 Å². The summed E-state index contributed by atoms with van der Waals surface area (Å²) in [6, 6.07) is 0.371. The fourth-order valence-corrected chi connectivity index (χ4v) is 4.03. The first-order chi connectivity index (χ1) is 14.8. The number of piperazine rings is 1. The third-order valence-corrected chi connectivity index (χ3v) is 6.15. The maximum absolute atomic E-state index is 12.5. The third-order valence-electron chi connectivity index (χ3n) is 6.15. The van der Waals surface area contributed by atoms with Crippen molar-refractivity contribution in [3.05, 3.63) is 46.6 Å². The van der Waals surface area contributed by atoms with E-state index in [-0.39, 0.29) is 0 Å². The lowest BCUT2D eigenvalue weighted by molar-refractivity contribution is -0.134. The van der Waals surface area contributed by atoms with Gasteiger partial charge in [-0.25, -0.2) is 0 Å². The lowest BCUT2D eigenvalue weighted by Crippen LogP contribution is -2.53. The molecule has 1 fully saturated rings. The van der Waals surface area contributed by atoms with Crippen LogP contribution in [0.5, 0.6) is 0 Å². The van der Waals surface area contributed by atoms with Crippen molar-refractivity contribution >= 4 is 5.91 Å². The number of nitrogens with zero attached hydrogens (tertiary/aromatic N) is 1. The lowest BCUT2D eigenvalue weighted by Gasteiger charge is -2.35. The van der Waals surface area contributed by atoms with Gasteiger partial charge in [0.2, 0.25) is 5.91 Å². The molecule has 176 valence electrons. The quantitative estimate of drug-likeness (QED) is 0.317. The van der Waals surface area contributed by atoms with E-state index in [2.05, 4.69) is 76.1 Å². The van der Waals surface area contributed by atoms with Crippen LogP contribution in [-0.2, 0) is 4.79 Å². The molecule has 0 saturated carbocycles. The van der Waals surface area contributed by atoms with Gasteiger partial charge in [0, 0.05) is 32.1 Å². The van der Waals surface area contributed by atoms with Crippen LogP contribution in [0.15, 0.2) is 46.6 Å². The first-order valence-corrected chi connectivity index (χ1v) is 12.4. The molecule has 0 radical (unpaired) electrons. The minimum absolute atomic E-state index is 0.317. The number of rotatable bonds is 13. The smallest absolute Gasteiger partial charge is 0.223 e. The Kier molecular flexibility index (Phi) is 14.2. The van der Waals surface area contributed by atoms with Crippen LogP contribution in [0.4, 0.5) is 0 Å². The van der Waals surface area contributed by atoms with Crippen LogP contribution in [-0.4, -0.2) is 36.5 Å². The summed E-state index contributed by atoms with van der Waals surface area (Å²) in [5, 5.41) is 3.39. The van der Waals surface area contributed by atoms with E-state index in [0.29, 0.717) is 18.4 Å². The number of allylic oxidation sites excluding steroid dienone is 8. The van der Waals surface area contributed by atoms with Gasteiger partial charge in [0.25, 0.3) is 0 Å². The molecule has 1 heterocycles. The summed E-state index contributed by atoms with van der Waals surface area (Å²) in [7, 11) is 0. The summed E-state index contributed by atoms with van der Waals surface area (Å²) in [5.74, 6) is 0.317. The van der Waals surface area contributed by atoms with E-state index in [9.17, 15) is 4.79 Å². The number of carbonyl (C=O) groups is 1. The predicted octanol–water partition coefficient (Wildman–Crippen LogP) is 7.12. The van der Waals surface area contributed by atoms with Gasteiger partial charge in [0.05, 0.1) is 0 Å². The summed E-state index contributed by atoms with van der Waals surface area (Å²) in [4.78, 5) is 14.6. The van der Waals surface area contributed by atoms with Crippen molar-refractivity contribution in [3.63, 3.8) is 0 Å². The molecular weight excluding hydrogens is 380 g/mol. The Bertz CT molecular complexity index is 650. The monoisotopic (exact) mass is 428 g/mol. The van der Waals surface area contributed by atoms with Crippen LogP contribution in [0.25, 0.3) is 0 Å². The van der Waals surface area contributed by atoms with E-state index in [1.165, 1.54) is 28.7 Å². The van der Waals surface area contributed by atoms with Gasteiger partial charge in [-0.05, 0) is 86.0 Å². The zero-order valence-electron chi connectivity index (χ0n) is 21.2. The molecule has 1 saturated heterocycles. The molecule has 1 atom stereocenters. The molecule has 31 heavy (non-hydrogen) atoms. The van der Waals surface area contributed by atoms with E-state index >= 15 is 0 Å². The molecule has 0 aromatic heterocycles. The number of carbonyl (C=O) groups excluding carboxylic acids is 1. The molecule has 0 aromatic carbocycles. The molecule has 1 aliphatic heterocycles. The fourth-order valence-electron chi connectivity index (χ4n) is 4.03. The molecule has 1 amide bonds. The van der Waals surface area contributed by atoms with Crippen LogP contribution >= 0.6 is 0 Å². The van der Waals surface area contributed by atoms with Crippen molar-refractivity contribution in [1.82, 2.24) is 10.2 Å². The van der Waals surface area contributed by atoms with Gasteiger partial charge in [-0.1, -0.05) is 53.5 Å². The Morgan fingerprint density at radius 3 is 1.77 bits per heavy atom. The largest absolute Gasteiger partial charge is 0.337 e.